The van der Waals surface area contributed by atoms with Crippen LogP contribution in [0.5, 0.6) is 0 Å². The van der Waals surface area contributed by atoms with Crippen molar-refractivity contribution in [2.75, 3.05) is 32.8 Å². The van der Waals surface area contributed by atoms with Crippen molar-refractivity contribution in [2.24, 2.45) is 5.92 Å². The second-order valence-electron chi connectivity index (χ2n) is 5.01. The molecule has 1 rings (SSSR count). The van der Waals surface area contributed by atoms with Gasteiger partial charge in [0.25, 0.3) is 10.2 Å². The Bertz CT molecular complexity index is 368. The summed E-state index contributed by atoms with van der Waals surface area (Å²) < 4.78 is 33.3. The van der Waals surface area contributed by atoms with Gasteiger partial charge in [0.15, 0.2) is 0 Å². The highest BCUT2D eigenvalue weighted by Gasteiger charge is 2.26. The largest absolute Gasteiger partial charge is 0.376 e. The van der Waals surface area contributed by atoms with Crippen molar-refractivity contribution >= 4 is 10.2 Å². The van der Waals surface area contributed by atoms with Crippen LogP contribution in [0.15, 0.2) is 12.2 Å². The molecule has 0 amide bonds. The van der Waals surface area contributed by atoms with Gasteiger partial charge in [-0.25, -0.2) is 0 Å². The second kappa shape index (κ2) is 7.23. The minimum atomic E-state index is -3.34. The van der Waals surface area contributed by atoms with Crippen molar-refractivity contribution in [2.45, 2.75) is 26.7 Å². The van der Waals surface area contributed by atoms with Crippen molar-refractivity contribution in [3.05, 3.63) is 12.2 Å². The van der Waals surface area contributed by atoms with Crippen molar-refractivity contribution < 1.29 is 13.2 Å². The van der Waals surface area contributed by atoms with Gasteiger partial charge in [-0.05, 0) is 25.7 Å². The van der Waals surface area contributed by atoms with Crippen LogP contribution in [-0.4, -0.2) is 45.6 Å². The van der Waals surface area contributed by atoms with Gasteiger partial charge >= 0.3 is 0 Å². The lowest BCUT2D eigenvalue weighted by molar-refractivity contribution is 0.161. The molecule has 1 atom stereocenters. The van der Waals surface area contributed by atoms with Gasteiger partial charge in [0.1, 0.15) is 0 Å². The predicted molar refractivity (Wildman–Crippen MR) is 72.5 cm³/mol. The maximum absolute atomic E-state index is 12.0. The molecular weight excluding hydrogens is 252 g/mol. The fourth-order valence-corrected chi connectivity index (χ4v) is 3.29. The van der Waals surface area contributed by atoms with E-state index in [4.69, 9.17) is 4.74 Å². The predicted octanol–water partition coefficient (Wildman–Crippen LogP) is 1.15. The molecule has 0 spiro atoms. The first-order valence-corrected chi connectivity index (χ1v) is 7.82. The molecular formula is C12H24N2O3S. The quantitative estimate of drug-likeness (QED) is 0.560. The van der Waals surface area contributed by atoms with Crippen LogP contribution in [0.3, 0.4) is 0 Å². The molecule has 0 aromatic heterocycles. The van der Waals surface area contributed by atoms with Crippen LogP contribution in [0.2, 0.25) is 0 Å². The van der Waals surface area contributed by atoms with E-state index >= 15 is 0 Å². The van der Waals surface area contributed by atoms with Crippen LogP contribution >= 0.6 is 0 Å². The van der Waals surface area contributed by atoms with Crippen molar-refractivity contribution in [1.82, 2.24) is 9.03 Å². The van der Waals surface area contributed by atoms with Gasteiger partial charge in [0, 0.05) is 19.6 Å². The van der Waals surface area contributed by atoms with Gasteiger partial charge in [-0.1, -0.05) is 19.1 Å². The average Bonchev–Trinajstić information content (AvgIpc) is 2.28. The van der Waals surface area contributed by atoms with Crippen LogP contribution < -0.4 is 4.72 Å². The Morgan fingerprint density at radius 3 is 2.89 bits per heavy atom. The molecule has 6 heteroatoms. The van der Waals surface area contributed by atoms with E-state index in [0.29, 0.717) is 38.8 Å². The highest BCUT2D eigenvalue weighted by atomic mass is 32.2. The van der Waals surface area contributed by atoms with Crippen molar-refractivity contribution in [3.8, 4) is 0 Å². The molecule has 1 fully saturated rings. The molecule has 0 aromatic carbocycles. The lowest BCUT2D eigenvalue weighted by atomic mass is 10.0. The summed E-state index contributed by atoms with van der Waals surface area (Å²) in [5.74, 6) is 0.440. The molecule has 106 valence electrons. The fourth-order valence-electron chi connectivity index (χ4n) is 1.95. The Balaban J connectivity index is 2.28. The lowest BCUT2D eigenvalue weighted by Crippen LogP contribution is -2.46. The minimum Gasteiger partial charge on any atom is -0.376 e. The number of hydrogen-bond donors (Lipinski definition) is 1. The molecule has 1 aliphatic heterocycles. The average molecular weight is 276 g/mol. The zero-order chi connectivity index (χ0) is 13.6. The molecule has 0 saturated carbocycles. The van der Waals surface area contributed by atoms with E-state index in [1.807, 2.05) is 6.92 Å². The maximum Gasteiger partial charge on any atom is 0.279 e. The molecule has 0 radical (unpaired) electrons. The first-order valence-electron chi connectivity index (χ1n) is 6.38. The highest BCUT2D eigenvalue weighted by Crippen LogP contribution is 2.17. The van der Waals surface area contributed by atoms with E-state index in [-0.39, 0.29) is 0 Å². The molecule has 1 heterocycles. The van der Waals surface area contributed by atoms with Crippen LogP contribution in [-0.2, 0) is 14.9 Å². The summed E-state index contributed by atoms with van der Waals surface area (Å²) in [6.07, 6.45) is 2.04. The van der Waals surface area contributed by atoms with Gasteiger partial charge in [-0.2, -0.15) is 17.4 Å². The van der Waals surface area contributed by atoms with Gasteiger partial charge in [0.2, 0.25) is 0 Å². The Kier molecular flexibility index (Phi) is 6.28. The molecule has 0 bridgehead atoms. The third kappa shape index (κ3) is 5.48. The van der Waals surface area contributed by atoms with Crippen molar-refractivity contribution in [1.29, 1.82) is 0 Å². The molecule has 1 aliphatic rings. The highest BCUT2D eigenvalue weighted by molar-refractivity contribution is 7.87. The standard InChI is InChI=1S/C12H24N2O3S/c1-11(2)10-17-8-6-13-18(15,16)14-7-4-5-12(3)9-14/h12-13H,1,4-10H2,2-3H3. The lowest BCUT2D eigenvalue weighted by Gasteiger charge is -2.29. The van der Waals surface area contributed by atoms with Crippen LogP contribution in [0.1, 0.15) is 26.7 Å². The topological polar surface area (TPSA) is 58.6 Å². The summed E-state index contributed by atoms with van der Waals surface area (Å²) in [6.45, 7) is 10.0. The first-order chi connectivity index (χ1) is 8.42. The zero-order valence-electron chi connectivity index (χ0n) is 11.3. The summed E-state index contributed by atoms with van der Waals surface area (Å²) in [5, 5.41) is 0. The Hall–Kier alpha value is -0.430. The summed E-state index contributed by atoms with van der Waals surface area (Å²) >= 11 is 0. The number of piperidine rings is 1. The zero-order valence-corrected chi connectivity index (χ0v) is 12.1. The maximum atomic E-state index is 12.0. The molecule has 1 N–H and O–H groups in total. The molecule has 1 unspecified atom stereocenters. The SMILES string of the molecule is C=C(C)COCCNS(=O)(=O)N1CCCC(C)C1. The Morgan fingerprint density at radius 1 is 1.56 bits per heavy atom. The van der Waals surface area contributed by atoms with Crippen LogP contribution in [0.4, 0.5) is 0 Å². The van der Waals surface area contributed by atoms with Crippen molar-refractivity contribution in [3.63, 3.8) is 0 Å². The number of nitrogens with zero attached hydrogens (tertiary/aromatic N) is 1. The minimum absolute atomic E-state index is 0.306. The van der Waals surface area contributed by atoms with E-state index in [1.165, 1.54) is 4.31 Å². The van der Waals surface area contributed by atoms with Gasteiger partial charge in [-0.15, -0.1) is 0 Å². The van der Waals surface area contributed by atoms with Crippen LogP contribution in [0, 0.1) is 5.92 Å². The summed E-state index contributed by atoms with van der Waals surface area (Å²) in [4.78, 5) is 0. The van der Waals surface area contributed by atoms with E-state index in [9.17, 15) is 8.42 Å². The summed E-state index contributed by atoms with van der Waals surface area (Å²) in [5.41, 5.74) is 0.933. The Morgan fingerprint density at radius 2 is 2.28 bits per heavy atom. The van der Waals surface area contributed by atoms with E-state index < -0.39 is 10.2 Å². The van der Waals surface area contributed by atoms with E-state index in [0.717, 1.165) is 18.4 Å². The third-order valence-electron chi connectivity index (χ3n) is 2.84. The molecule has 18 heavy (non-hydrogen) atoms. The van der Waals surface area contributed by atoms with Crippen LogP contribution in [0.25, 0.3) is 0 Å². The smallest absolute Gasteiger partial charge is 0.279 e. The normalized spacial score (nSPS) is 22.0. The molecule has 5 nitrogen and oxygen atoms in total. The van der Waals surface area contributed by atoms with Gasteiger partial charge < -0.3 is 4.74 Å². The first kappa shape index (κ1) is 15.6. The third-order valence-corrected chi connectivity index (χ3v) is 4.42. The molecule has 1 saturated heterocycles. The second-order valence-corrected chi connectivity index (χ2v) is 6.77. The summed E-state index contributed by atoms with van der Waals surface area (Å²) in [6, 6.07) is 0. The monoisotopic (exact) mass is 276 g/mol. The fraction of sp³-hybridized carbons (Fsp3) is 0.833. The van der Waals surface area contributed by atoms with Gasteiger partial charge in [0.05, 0.1) is 13.2 Å². The number of rotatable bonds is 7. The van der Waals surface area contributed by atoms with Gasteiger partial charge in [-0.3, -0.25) is 0 Å². The number of hydrogen-bond acceptors (Lipinski definition) is 3. The number of nitrogens with one attached hydrogen (secondary N) is 1. The molecule has 0 aliphatic carbocycles. The number of ether oxygens (including phenoxy) is 1. The Labute approximate surface area is 110 Å². The summed E-state index contributed by atoms with van der Waals surface area (Å²) in [7, 11) is -3.34. The van der Waals surface area contributed by atoms with E-state index in [2.05, 4.69) is 18.2 Å². The molecule has 0 aromatic rings. The van der Waals surface area contributed by atoms with E-state index in [1.54, 1.807) is 0 Å².